The molecule has 1 aromatic carbocycles. The van der Waals surface area contributed by atoms with E-state index in [0.29, 0.717) is 13.1 Å². The number of ether oxygens (including phenoxy) is 1. The number of hydrogen-bond acceptors (Lipinski definition) is 3. The molecule has 5 heteroatoms. The summed E-state index contributed by atoms with van der Waals surface area (Å²) in [5.41, 5.74) is 1.23. The van der Waals surface area contributed by atoms with E-state index < -0.39 is 0 Å². The van der Waals surface area contributed by atoms with E-state index in [2.05, 4.69) is 62.2 Å². The molecule has 0 aromatic heterocycles. The van der Waals surface area contributed by atoms with Gasteiger partial charge in [0.25, 0.3) is 0 Å². The summed E-state index contributed by atoms with van der Waals surface area (Å²) in [5.74, 6) is 0.926. The maximum absolute atomic E-state index is 11.9. The third-order valence-corrected chi connectivity index (χ3v) is 4.93. The van der Waals surface area contributed by atoms with Crippen LogP contribution in [-0.2, 0) is 14.9 Å². The van der Waals surface area contributed by atoms with Crippen molar-refractivity contribution in [2.75, 3.05) is 33.3 Å². The third-order valence-electron chi connectivity index (χ3n) is 4.93. The monoisotopic (exact) mass is 345 g/mol. The number of nitrogens with one attached hydrogen (secondary N) is 1. The summed E-state index contributed by atoms with van der Waals surface area (Å²) in [7, 11) is 1.46. The van der Waals surface area contributed by atoms with Gasteiger partial charge in [-0.15, -0.1) is 0 Å². The highest BCUT2D eigenvalue weighted by atomic mass is 16.5. The highest BCUT2D eigenvalue weighted by Gasteiger charge is 2.37. The van der Waals surface area contributed by atoms with Gasteiger partial charge in [-0.25, -0.2) is 0 Å². The fourth-order valence-electron chi connectivity index (χ4n) is 3.28. The van der Waals surface area contributed by atoms with E-state index in [1.165, 1.54) is 12.7 Å². The molecule has 1 fully saturated rings. The maximum Gasteiger partial charge on any atom is 0.310 e. The summed E-state index contributed by atoms with van der Waals surface area (Å²) in [6.45, 7) is 11.5. The maximum atomic E-state index is 11.9. The predicted molar refractivity (Wildman–Crippen MR) is 102 cm³/mol. The van der Waals surface area contributed by atoms with Gasteiger partial charge in [0.05, 0.1) is 19.6 Å². The molecule has 5 nitrogen and oxygen atoms in total. The van der Waals surface area contributed by atoms with Crippen molar-refractivity contribution >= 4 is 11.9 Å². The first-order chi connectivity index (χ1) is 11.9. The van der Waals surface area contributed by atoms with E-state index in [4.69, 9.17) is 9.73 Å². The number of guanidine groups is 1. The Kier molecular flexibility index (Phi) is 6.45. The summed E-state index contributed by atoms with van der Waals surface area (Å²) < 4.78 is 4.94. The molecule has 1 aliphatic heterocycles. The van der Waals surface area contributed by atoms with Gasteiger partial charge in [-0.3, -0.25) is 9.79 Å². The van der Waals surface area contributed by atoms with Crippen LogP contribution in [0.25, 0.3) is 0 Å². The molecule has 1 aliphatic rings. The fourth-order valence-corrected chi connectivity index (χ4v) is 3.28. The first-order valence-corrected chi connectivity index (χ1v) is 9.05. The summed E-state index contributed by atoms with van der Waals surface area (Å²) in [6, 6.07) is 10.5. The van der Waals surface area contributed by atoms with Crippen LogP contribution in [0.1, 0.15) is 33.3 Å². The molecule has 0 aliphatic carbocycles. The number of methoxy groups -OCH3 is 1. The van der Waals surface area contributed by atoms with Crippen LogP contribution >= 0.6 is 0 Å². The molecule has 1 saturated heterocycles. The minimum atomic E-state index is -0.129. The Bertz CT molecular complexity index is 598. The average molecular weight is 345 g/mol. The SMILES string of the molecule is CCNC(=NCC(C)(C)c1ccccc1)N1CC(C)C(C(=O)OC)C1. The Morgan fingerprint density at radius 2 is 2.00 bits per heavy atom. The van der Waals surface area contributed by atoms with Crippen molar-refractivity contribution in [1.82, 2.24) is 10.2 Å². The van der Waals surface area contributed by atoms with Gasteiger partial charge in [0.15, 0.2) is 5.96 Å². The van der Waals surface area contributed by atoms with E-state index in [1.54, 1.807) is 0 Å². The van der Waals surface area contributed by atoms with E-state index in [-0.39, 0.29) is 23.2 Å². The zero-order chi connectivity index (χ0) is 18.4. The summed E-state index contributed by atoms with van der Waals surface area (Å²) in [5, 5.41) is 3.37. The molecule has 0 amide bonds. The molecule has 138 valence electrons. The highest BCUT2D eigenvalue weighted by Crippen LogP contribution is 2.26. The van der Waals surface area contributed by atoms with Crippen molar-refractivity contribution in [3.05, 3.63) is 35.9 Å². The second-order valence-corrected chi connectivity index (χ2v) is 7.43. The smallest absolute Gasteiger partial charge is 0.310 e. The number of rotatable bonds is 5. The number of nitrogens with zero attached hydrogens (tertiary/aromatic N) is 2. The second kappa shape index (κ2) is 8.37. The molecule has 1 N–H and O–H groups in total. The van der Waals surface area contributed by atoms with E-state index in [9.17, 15) is 4.79 Å². The lowest BCUT2D eigenvalue weighted by molar-refractivity contribution is -0.145. The molecule has 2 atom stereocenters. The Hall–Kier alpha value is -2.04. The Balaban J connectivity index is 2.12. The van der Waals surface area contributed by atoms with E-state index >= 15 is 0 Å². The van der Waals surface area contributed by atoms with Gasteiger partial charge in [0, 0.05) is 25.0 Å². The predicted octanol–water partition coefficient (Wildman–Crippen LogP) is 2.67. The average Bonchev–Trinajstić information content (AvgIpc) is 3.00. The fraction of sp³-hybridized carbons (Fsp3) is 0.600. The Morgan fingerprint density at radius 1 is 1.32 bits per heavy atom. The Morgan fingerprint density at radius 3 is 2.60 bits per heavy atom. The van der Waals surface area contributed by atoms with Crippen molar-refractivity contribution in [3.8, 4) is 0 Å². The van der Waals surface area contributed by atoms with Crippen LogP contribution in [0, 0.1) is 11.8 Å². The Labute approximate surface area is 151 Å². The van der Waals surface area contributed by atoms with Gasteiger partial charge in [-0.2, -0.15) is 0 Å². The molecule has 0 spiro atoms. The third kappa shape index (κ3) is 4.74. The summed E-state index contributed by atoms with van der Waals surface area (Å²) in [4.78, 5) is 19.0. The lowest BCUT2D eigenvalue weighted by Gasteiger charge is -2.26. The standard InChI is InChI=1S/C20H31N3O2/c1-6-21-19(23-12-15(2)17(13-23)18(24)25-5)22-14-20(3,4)16-10-8-7-9-11-16/h7-11,15,17H,6,12-14H2,1-5H3,(H,21,22). The molecule has 0 radical (unpaired) electrons. The van der Waals surface area contributed by atoms with Crippen LogP contribution in [0.2, 0.25) is 0 Å². The lowest BCUT2D eigenvalue weighted by atomic mass is 9.85. The molecule has 1 heterocycles. The van der Waals surface area contributed by atoms with Gasteiger partial charge >= 0.3 is 5.97 Å². The quantitative estimate of drug-likeness (QED) is 0.506. The van der Waals surface area contributed by atoms with Crippen molar-refractivity contribution in [2.24, 2.45) is 16.8 Å². The van der Waals surface area contributed by atoms with Crippen LogP contribution < -0.4 is 5.32 Å². The molecule has 25 heavy (non-hydrogen) atoms. The number of carbonyl (C=O) groups is 1. The molecule has 0 saturated carbocycles. The molecule has 0 bridgehead atoms. The van der Waals surface area contributed by atoms with Crippen LogP contribution in [0.5, 0.6) is 0 Å². The minimum Gasteiger partial charge on any atom is -0.469 e. The minimum absolute atomic E-state index is 0.0466. The molecular formula is C20H31N3O2. The first kappa shape index (κ1) is 19.3. The number of hydrogen-bond donors (Lipinski definition) is 1. The largest absolute Gasteiger partial charge is 0.469 e. The van der Waals surface area contributed by atoms with E-state index in [1.807, 2.05) is 6.07 Å². The molecular weight excluding hydrogens is 314 g/mol. The van der Waals surface area contributed by atoms with Gasteiger partial charge in [0.1, 0.15) is 0 Å². The highest BCUT2D eigenvalue weighted by molar-refractivity contribution is 5.82. The molecule has 2 rings (SSSR count). The summed E-state index contributed by atoms with van der Waals surface area (Å²) >= 11 is 0. The van der Waals surface area contributed by atoms with Crippen LogP contribution in [-0.4, -0.2) is 50.1 Å². The topological polar surface area (TPSA) is 53.9 Å². The van der Waals surface area contributed by atoms with Crippen LogP contribution in [0.4, 0.5) is 0 Å². The molecule has 1 aromatic rings. The van der Waals surface area contributed by atoms with Crippen molar-refractivity contribution in [2.45, 2.75) is 33.1 Å². The number of carbonyl (C=O) groups excluding carboxylic acids is 1. The van der Waals surface area contributed by atoms with Crippen LogP contribution in [0.15, 0.2) is 35.3 Å². The van der Waals surface area contributed by atoms with Gasteiger partial charge in [-0.05, 0) is 18.4 Å². The number of benzene rings is 1. The van der Waals surface area contributed by atoms with Crippen molar-refractivity contribution in [3.63, 3.8) is 0 Å². The normalized spacial score (nSPS) is 21.3. The lowest BCUT2D eigenvalue weighted by Crippen LogP contribution is -2.41. The number of esters is 1. The number of aliphatic imine (C=N–C) groups is 1. The zero-order valence-electron chi connectivity index (χ0n) is 16.1. The van der Waals surface area contributed by atoms with Gasteiger partial charge in [-0.1, -0.05) is 51.1 Å². The zero-order valence-corrected chi connectivity index (χ0v) is 16.1. The van der Waals surface area contributed by atoms with Gasteiger partial charge < -0.3 is 15.0 Å². The summed E-state index contributed by atoms with van der Waals surface area (Å²) in [6.07, 6.45) is 0. The van der Waals surface area contributed by atoms with E-state index in [0.717, 1.165) is 19.0 Å². The van der Waals surface area contributed by atoms with Crippen LogP contribution in [0.3, 0.4) is 0 Å². The van der Waals surface area contributed by atoms with Crippen molar-refractivity contribution in [1.29, 1.82) is 0 Å². The first-order valence-electron chi connectivity index (χ1n) is 9.05. The number of likely N-dealkylation sites (tertiary alicyclic amines) is 1. The van der Waals surface area contributed by atoms with Gasteiger partial charge in [0.2, 0.25) is 0 Å². The molecule has 2 unspecified atom stereocenters. The second-order valence-electron chi connectivity index (χ2n) is 7.43. The van der Waals surface area contributed by atoms with Crippen molar-refractivity contribution < 1.29 is 9.53 Å².